The number of aliphatic carboxylic acids is 2. The molecule has 15 heteroatoms. The summed E-state index contributed by atoms with van der Waals surface area (Å²) in [5.41, 5.74) is 0. The van der Waals surface area contributed by atoms with E-state index in [0.717, 1.165) is 0 Å². The maximum absolute atomic E-state index is 10.2. The summed E-state index contributed by atoms with van der Waals surface area (Å²) in [5, 5.41) is 37.0. The van der Waals surface area contributed by atoms with Gasteiger partial charge in [-0.2, -0.15) is 0 Å². The average Bonchev–Trinajstić information content (AvgIpc) is 3.21. The molecule has 0 unspecified atom stereocenters. The molecule has 0 aromatic carbocycles. The molecule has 0 spiro atoms. The molecule has 0 saturated carbocycles. The minimum Gasteiger partial charge on any atom is -0.481 e. The van der Waals surface area contributed by atoms with Crippen LogP contribution in [0.3, 0.4) is 0 Å². The molecule has 0 aliphatic rings. The van der Waals surface area contributed by atoms with Crippen LogP contribution < -0.4 is 0 Å². The van der Waals surface area contributed by atoms with Crippen molar-refractivity contribution >= 4 is 23.6 Å². The van der Waals surface area contributed by atoms with Crippen molar-refractivity contribution in [2.75, 3.05) is 0 Å². The van der Waals surface area contributed by atoms with Crippen molar-refractivity contribution in [2.45, 2.75) is 25.9 Å². The topological polar surface area (TPSA) is 197 Å². The molecule has 1 radical (unpaired) electrons. The number of imidazole rings is 2. The van der Waals surface area contributed by atoms with Crippen LogP contribution in [0.25, 0.3) is 0 Å². The van der Waals surface area contributed by atoms with Gasteiger partial charge in [-0.1, -0.05) is 0 Å². The van der Waals surface area contributed by atoms with E-state index in [1.165, 1.54) is 34.2 Å². The Balaban J connectivity index is 0.000000483. The Kier molecular flexibility index (Phi) is 9.93. The number of carboxylic acid groups (broad SMARTS) is 2. The molecule has 0 saturated heterocycles. The molecule has 0 amide bonds. The second-order valence-electron chi connectivity index (χ2n) is 4.74. The van der Waals surface area contributed by atoms with E-state index in [0.29, 0.717) is 0 Å². The Morgan fingerprint density at radius 3 is 1.44 bits per heavy atom. The van der Waals surface area contributed by atoms with Crippen molar-refractivity contribution in [1.82, 2.24) is 19.1 Å². The minimum atomic E-state index is -0.948. The van der Waals surface area contributed by atoms with Crippen molar-refractivity contribution in [3.8, 4) is 0 Å². The van der Waals surface area contributed by atoms with Gasteiger partial charge in [0.25, 0.3) is 0 Å². The zero-order chi connectivity index (χ0) is 19.7. The van der Waals surface area contributed by atoms with Crippen molar-refractivity contribution in [2.24, 2.45) is 0 Å². The molecule has 0 aliphatic heterocycles. The van der Waals surface area contributed by atoms with E-state index >= 15 is 0 Å². The Labute approximate surface area is 161 Å². The monoisotopic (exact) mass is 433 g/mol. The molecular weight excluding hydrogens is 420 g/mol. The third-order valence-electron chi connectivity index (χ3n) is 2.78. The summed E-state index contributed by atoms with van der Waals surface area (Å²) >= 11 is 0. The molecule has 151 valence electrons. The molecule has 27 heavy (non-hydrogen) atoms. The van der Waals surface area contributed by atoms with Crippen LogP contribution in [0.2, 0.25) is 0 Å². The van der Waals surface area contributed by atoms with Crippen molar-refractivity contribution in [3.05, 3.63) is 45.3 Å². The Morgan fingerprint density at radius 1 is 0.889 bits per heavy atom. The van der Waals surface area contributed by atoms with Gasteiger partial charge in [0, 0.05) is 30.2 Å². The van der Waals surface area contributed by atoms with Crippen molar-refractivity contribution in [3.63, 3.8) is 0 Å². The zero-order valence-electron chi connectivity index (χ0n) is 13.5. The number of aromatic nitrogens is 4. The molecule has 2 rings (SSSR count). The van der Waals surface area contributed by atoms with Gasteiger partial charge in [0.2, 0.25) is 12.7 Å². The van der Waals surface area contributed by atoms with Crippen LogP contribution in [-0.4, -0.2) is 51.1 Å². The van der Waals surface area contributed by atoms with Gasteiger partial charge in [-0.25, -0.2) is 0 Å². The van der Waals surface area contributed by atoms with Gasteiger partial charge < -0.3 is 39.6 Å². The molecule has 2 aromatic rings. The zero-order valence-corrected chi connectivity index (χ0v) is 14.4. The molecule has 14 nitrogen and oxygen atoms in total. The van der Waals surface area contributed by atoms with Gasteiger partial charge in [0.05, 0.1) is 12.8 Å². The van der Waals surface area contributed by atoms with Crippen LogP contribution in [0, 0.1) is 20.2 Å². The molecular formula is C12H14CuN6O8. The molecule has 0 aliphatic carbocycles. The van der Waals surface area contributed by atoms with E-state index in [2.05, 4.69) is 9.97 Å². The van der Waals surface area contributed by atoms with Crippen LogP contribution in [0.4, 0.5) is 11.6 Å². The van der Waals surface area contributed by atoms with Gasteiger partial charge >= 0.3 is 23.6 Å². The third kappa shape index (κ3) is 9.08. The van der Waals surface area contributed by atoms with E-state index in [1.54, 1.807) is 0 Å². The Hall–Kier alpha value is -3.32. The smallest absolute Gasteiger partial charge is 0.381 e. The molecule has 2 aromatic heterocycles. The fraction of sp³-hybridized carbons (Fsp3) is 0.333. The van der Waals surface area contributed by atoms with Crippen molar-refractivity contribution < 1.29 is 46.7 Å². The molecule has 0 atom stereocenters. The summed E-state index contributed by atoms with van der Waals surface area (Å²) in [7, 11) is 0. The number of nitrogens with zero attached hydrogens (tertiary/aromatic N) is 6. The van der Waals surface area contributed by atoms with E-state index in [-0.39, 0.29) is 54.6 Å². The van der Waals surface area contributed by atoms with E-state index in [9.17, 15) is 29.8 Å². The normalized spacial score (nSPS) is 9.48. The largest absolute Gasteiger partial charge is 0.481 e. The number of aryl methyl sites for hydroxylation is 2. The Bertz CT molecular complexity index is 737. The second kappa shape index (κ2) is 11.3. The average molecular weight is 434 g/mol. The predicted molar refractivity (Wildman–Crippen MR) is 82.3 cm³/mol. The first-order chi connectivity index (χ1) is 12.2. The molecule has 2 heterocycles. The standard InChI is InChI=1S/2C6H7N3O4.Cu/c2*10-6(11)1-2-8-3-5(7-4-8)9(12)13;/h2*3-4H,1-2H2,(H,10,11);. The quantitative estimate of drug-likeness (QED) is 0.336. The van der Waals surface area contributed by atoms with Gasteiger partial charge in [0.1, 0.15) is 12.4 Å². The first kappa shape index (κ1) is 23.7. The van der Waals surface area contributed by atoms with Crippen LogP contribution in [0.15, 0.2) is 25.0 Å². The summed E-state index contributed by atoms with van der Waals surface area (Å²) < 4.78 is 2.73. The number of carboxylic acids is 2. The number of rotatable bonds is 8. The van der Waals surface area contributed by atoms with Crippen LogP contribution in [0.5, 0.6) is 0 Å². The second-order valence-corrected chi connectivity index (χ2v) is 4.74. The Morgan fingerprint density at radius 2 is 1.22 bits per heavy atom. The fourth-order valence-corrected chi connectivity index (χ4v) is 1.58. The maximum atomic E-state index is 10.2. The summed E-state index contributed by atoms with van der Waals surface area (Å²) in [4.78, 5) is 46.3. The summed E-state index contributed by atoms with van der Waals surface area (Å²) in [5.74, 6) is -2.44. The molecule has 0 bridgehead atoms. The summed E-state index contributed by atoms with van der Waals surface area (Å²) in [6, 6.07) is 0. The number of carbonyl (C=O) groups is 2. The van der Waals surface area contributed by atoms with Gasteiger partial charge in [0.15, 0.2) is 0 Å². The molecule has 0 fully saturated rings. The van der Waals surface area contributed by atoms with E-state index in [4.69, 9.17) is 10.2 Å². The fourth-order valence-electron chi connectivity index (χ4n) is 1.58. The number of hydrogen-bond donors (Lipinski definition) is 2. The molecule has 2 N–H and O–H groups in total. The van der Waals surface area contributed by atoms with Crippen LogP contribution in [0.1, 0.15) is 12.8 Å². The first-order valence-electron chi connectivity index (χ1n) is 6.95. The maximum Gasteiger partial charge on any atom is 0.381 e. The van der Waals surface area contributed by atoms with Gasteiger partial charge in [-0.3, -0.25) is 9.59 Å². The van der Waals surface area contributed by atoms with Gasteiger partial charge in [-0.05, 0) is 19.8 Å². The van der Waals surface area contributed by atoms with Crippen LogP contribution in [-0.2, 0) is 39.7 Å². The van der Waals surface area contributed by atoms with E-state index in [1.807, 2.05) is 0 Å². The summed E-state index contributed by atoms with van der Waals surface area (Å²) in [6.45, 7) is 0.381. The minimum absolute atomic E-state index is 0. The van der Waals surface area contributed by atoms with Gasteiger partial charge in [-0.15, -0.1) is 0 Å². The number of nitro groups is 2. The van der Waals surface area contributed by atoms with E-state index < -0.39 is 21.8 Å². The van der Waals surface area contributed by atoms with Crippen LogP contribution >= 0.6 is 0 Å². The predicted octanol–water partition coefficient (Wildman–Crippen LogP) is 0.529. The first-order valence-corrected chi connectivity index (χ1v) is 6.95. The SMILES string of the molecule is O=C(O)CCn1cnc([N+](=O)[O-])c1.O=C(O)CCn1cnc([N+](=O)[O-])c1.[Cu]. The van der Waals surface area contributed by atoms with Crippen molar-refractivity contribution in [1.29, 1.82) is 0 Å². The third-order valence-corrected chi connectivity index (χ3v) is 2.78. The summed E-state index contributed by atoms with van der Waals surface area (Å²) in [6.07, 6.45) is 4.72. The number of hydrogen-bond acceptors (Lipinski definition) is 8.